The number of nitrogens with one attached hydrogen (secondary N) is 2. The van der Waals surface area contributed by atoms with Crippen LogP contribution in [-0.2, 0) is 4.79 Å². The quantitative estimate of drug-likeness (QED) is 0.195. The molecule has 0 saturated heterocycles. The Morgan fingerprint density at radius 2 is 1.56 bits per heavy atom. The SMILES string of the molecule is Cc1nn(-c2ccccc2)c(Cl)c1C=NNC(=O)C(=Cc1ccccc1)NC(=O)c1ccccc1Cl. The van der Waals surface area contributed by atoms with Crippen molar-refractivity contribution in [3.63, 3.8) is 0 Å². The van der Waals surface area contributed by atoms with Crippen molar-refractivity contribution >= 4 is 47.3 Å². The topological polar surface area (TPSA) is 88.4 Å². The predicted molar refractivity (Wildman–Crippen MR) is 142 cm³/mol. The number of benzene rings is 3. The van der Waals surface area contributed by atoms with Gasteiger partial charge in [-0.15, -0.1) is 0 Å². The van der Waals surface area contributed by atoms with Crippen molar-refractivity contribution in [2.75, 3.05) is 0 Å². The highest BCUT2D eigenvalue weighted by Gasteiger charge is 2.17. The molecule has 4 rings (SSSR count). The van der Waals surface area contributed by atoms with Gasteiger partial charge in [-0.25, -0.2) is 10.1 Å². The molecule has 4 aromatic rings. The van der Waals surface area contributed by atoms with E-state index in [2.05, 4.69) is 20.9 Å². The monoisotopic (exact) mass is 517 g/mol. The molecule has 0 fully saturated rings. The predicted octanol–water partition coefficient (Wildman–Crippen LogP) is 5.41. The molecule has 0 unspecified atom stereocenters. The van der Waals surface area contributed by atoms with Gasteiger partial charge >= 0.3 is 0 Å². The van der Waals surface area contributed by atoms with Gasteiger partial charge in [-0.05, 0) is 42.8 Å². The van der Waals surface area contributed by atoms with Crippen molar-refractivity contribution in [2.24, 2.45) is 5.10 Å². The maximum atomic E-state index is 13.0. The molecule has 0 aliphatic heterocycles. The zero-order valence-corrected chi connectivity index (χ0v) is 20.7. The van der Waals surface area contributed by atoms with Crippen LogP contribution in [0.2, 0.25) is 10.2 Å². The standard InChI is InChI=1S/C27H21Cl2N5O2/c1-18-22(25(29)34(33-18)20-12-6-3-7-13-20)17-30-32-27(36)24(16-19-10-4-2-5-11-19)31-26(35)21-14-8-9-15-23(21)28/h2-17H,1H3,(H,31,35)(H,32,36). The fourth-order valence-electron chi connectivity index (χ4n) is 3.32. The van der Waals surface area contributed by atoms with Crippen LogP contribution in [0.5, 0.6) is 0 Å². The third-order valence-corrected chi connectivity index (χ3v) is 5.82. The highest BCUT2D eigenvalue weighted by molar-refractivity contribution is 6.34. The summed E-state index contributed by atoms with van der Waals surface area (Å²) in [6, 6.07) is 25.1. The first-order valence-electron chi connectivity index (χ1n) is 10.9. The largest absolute Gasteiger partial charge is 0.317 e. The molecule has 2 N–H and O–H groups in total. The van der Waals surface area contributed by atoms with Crippen LogP contribution >= 0.6 is 23.2 Å². The second-order valence-corrected chi connectivity index (χ2v) is 8.40. The Kier molecular flexibility index (Phi) is 7.95. The molecule has 1 aromatic heterocycles. The first-order valence-corrected chi connectivity index (χ1v) is 11.7. The van der Waals surface area contributed by atoms with Gasteiger partial charge in [0.2, 0.25) is 0 Å². The van der Waals surface area contributed by atoms with Crippen LogP contribution < -0.4 is 10.7 Å². The van der Waals surface area contributed by atoms with Crippen molar-refractivity contribution in [3.05, 3.63) is 123 Å². The summed E-state index contributed by atoms with van der Waals surface area (Å²) >= 11 is 12.7. The average molecular weight is 518 g/mol. The van der Waals surface area contributed by atoms with Gasteiger partial charge in [0.05, 0.1) is 33.7 Å². The van der Waals surface area contributed by atoms with Gasteiger partial charge in [0.1, 0.15) is 10.9 Å². The Bertz CT molecular complexity index is 1450. The normalized spacial score (nSPS) is 11.5. The molecule has 0 aliphatic carbocycles. The second kappa shape index (κ2) is 11.5. The van der Waals surface area contributed by atoms with Crippen LogP contribution in [0.1, 0.15) is 27.2 Å². The summed E-state index contributed by atoms with van der Waals surface area (Å²) in [6.45, 7) is 1.79. The van der Waals surface area contributed by atoms with Crippen molar-refractivity contribution in [2.45, 2.75) is 6.92 Å². The summed E-state index contributed by atoms with van der Waals surface area (Å²) in [5.41, 5.74) is 5.37. The third-order valence-electron chi connectivity index (χ3n) is 5.13. The second-order valence-electron chi connectivity index (χ2n) is 7.64. The number of aromatic nitrogens is 2. The van der Waals surface area contributed by atoms with E-state index in [-0.39, 0.29) is 16.3 Å². The van der Waals surface area contributed by atoms with E-state index in [4.69, 9.17) is 23.2 Å². The van der Waals surface area contributed by atoms with E-state index >= 15 is 0 Å². The minimum absolute atomic E-state index is 0.00827. The van der Waals surface area contributed by atoms with Crippen LogP contribution in [0.25, 0.3) is 11.8 Å². The zero-order valence-electron chi connectivity index (χ0n) is 19.2. The van der Waals surface area contributed by atoms with Gasteiger partial charge in [0, 0.05) is 0 Å². The van der Waals surface area contributed by atoms with Gasteiger partial charge in [-0.1, -0.05) is 83.9 Å². The number of nitrogens with zero attached hydrogens (tertiary/aromatic N) is 3. The summed E-state index contributed by atoms with van der Waals surface area (Å²) in [6.07, 6.45) is 2.96. The molecule has 3 aromatic carbocycles. The molecule has 0 saturated carbocycles. The van der Waals surface area contributed by atoms with Gasteiger partial charge in [0.25, 0.3) is 11.8 Å². The molecule has 1 heterocycles. The van der Waals surface area contributed by atoms with E-state index in [0.29, 0.717) is 22.0 Å². The fraction of sp³-hybridized carbons (Fsp3) is 0.0370. The molecule has 0 bridgehead atoms. The van der Waals surface area contributed by atoms with Crippen LogP contribution in [-0.4, -0.2) is 27.8 Å². The number of aryl methyl sites for hydroxylation is 1. The smallest absolute Gasteiger partial charge is 0.287 e. The van der Waals surface area contributed by atoms with E-state index in [9.17, 15) is 9.59 Å². The molecule has 180 valence electrons. The number of rotatable bonds is 7. The fourth-order valence-corrected chi connectivity index (χ4v) is 3.87. The summed E-state index contributed by atoms with van der Waals surface area (Å²) < 4.78 is 1.59. The number of hydrazone groups is 1. The number of hydrogen-bond donors (Lipinski definition) is 2. The summed E-state index contributed by atoms with van der Waals surface area (Å²) in [5, 5.41) is 11.8. The molecule has 0 atom stereocenters. The highest BCUT2D eigenvalue weighted by Crippen LogP contribution is 2.22. The van der Waals surface area contributed by atoms with Crippen LogP contribution in [0.15, 0.2) is 95.7 Å². The number of halogens is 2. The summed E-state index contributed by atoms with van der Waals surface area (Å²) in [4.78, 5) is 25.8. The van der Waals surface area contributed by atoms with E-state index in [0.717, 1.165) is 5.69 Å². The lowest BCUT2D eigenvalue weighted by Gasteiger charge is -2.10. The molecular weight excluding hydrogens is 497 g/mol. The lowest BCUT2D eigenvalue weighted by Crippen LogP contribution is -2.33. The van der Waals surface area contributed by atoms with Crippen LogP contribution in [0.3, 0.4) is 0 Å². The van der Waals surface area contributed by atoms with Crippen molar-refractivity contribution < 1.29 is 9.59 Å². The Morgan fingerprint density at radius 1 is 0.917 bits per heavy atom. The van der Waals surface area contributed by atoms with Crippen LogP contribution in [0, 0.1) is 6.92 Å². The molecular formula is C27H21Cl2N5O2. The van der Waals surface area contributed by atoms with E-state index in [1.807, 2.05) is 48.5 Å². The van der Waals surface area contributed by atoms with Crippen molar-refractivity contribution in [1.29, 1.82) is 0 Å². The van der Waals surface area contributed by atoms with Gasteiger partial charge in [-0.3, -0.25) is 9.59 Å². The van der Waals surface area contributed by atoms with Crippen molar-refractivity contribution in [1.82, 2.24) is 20.5 Å². The Hall–Kier alpha value is -4.20. The lowest BCUT2D eigenvalue weighted by molar-refractivity contribution is -0.117. The third kappa shape index (κ3) is 5.89. The summed E-state index contributed by atoms with van der Waals surface area (Å²) in [5.74, 6) is -1.15. The lowest BCUT2D eigenvalue weighted by atomic mass is 10.1. The minimum Gasteiger partial charge on any atom is -0.317 e. The Morgan fingerprint density at radius 3 is 2.25 bits per heavy atom. The van der Waals surface area contributed by atoms with Gasteiger partial charge in [0.15, 0.2) is 0 Å². The maximum absolute atomic E-state index is 13.0. The van der Waals surface area contributed by atoms with E-state index < -0.39 is 11.8 Å². The number of para-hydroxylation sites is 1. The molecule has 2 amide bonds. The van der Waals surface area contributed by atoms with Gasteiger partial charge < -0.3 is 5.32 Å². The number of amides is 2. The molecule has 0 radical (unpaired) electrons. The summed E-state index contributed by atoms with van der Waals surface area (Å²) in [7, 11) is 0. The molecule has 0 aliphatic rings. The van der Waals surface area contributed by atoms with Crippen molar-refractivity contribution in [3.8, 4) is 5.69 Å². The van der Waals surface area contributed by atoms with E-state index in [1.54, 1.807) is 54.1 Å². The van der Waals surface area contributed by atoms with Crippen LogP contribution in [0.4, 0.5) is 0 Å². The maximum Gasteiger partial charge on any atom is 0.287 e. The molecule has 36 heavy (non-hydrogen) atoms. The first kappa shape index (κ1) is 24.9. The molecule has 0 spiro atoms. The first-order chi connectivity index (χ1) is 17.4. The molecule has 7 nitrogen and oxygen atoms in total. The number of carbonyl (C=O) groups excluding carboxylic acids is 2. The number of hydrogen-bond acceptors (Lipinski definition) is 4. The molecule has 9 heteroatoms. The zero-order chi connectivity index (χ0) is 25.5. The minimum atomic E-state index is -0.625. The Balaban J connectivity index is 1.55. The van der Waals surface area contributed by atoms with Gasteiger partial charge in [-0.2, -0.15) is 10.2 Å². The average Bonchev–Trinajstić information content (AvgIpc) is 3.18. The van der Waals surface area contributed by atoms with E-state index in [1.165, 1.54) is 6.21 Å². The highest BCUT2D eigenvalue weighted by atomic mass is 35.5. The Labute approximate surface area is 218 Å². The number of carbonyl (C=O) groups is 2.